The summed E-state index contributed by atoms with van der Waals surface area (Å²) in [4.78, 5) is 6.58. The lowest BCUT2D eigenvalue weighted by Gasteiger charge is -2.35. The van der Waals surface area contributed by atoms with Crippen molar-refractivity contribution in [3.05, 3.63) is 42.1 Å². The van der Waals surface area contributed by atoms with Crippen LogP contribution in [0.15, 0.2) is 36.5 Å². The number of aromatic nitrogens is 1. The van der Waals surface area contributed by atoms with Crippen LogP contribution in [-0.2, 0) is 11.3 Å². The molecule has 21 heavy (non-hydrogen) atoms. The molecule has 0 saturated carbocycles. The Morgan fingerprint density at radius 1 is 1.24 bits per heavy atom. The van der Waals surface area contributed by atoms with Gasteiger partial charge in [-0.3, -0.25) is 9.88 Å². The van der Waals surface area contributed by atoms with E-state index in [4.69, 9.17) is 4.74 Å². The summed E-state index contributed by atoms with van der Waals surface area (Å²) >= 11 is 0. The summed E-state index contributed by atoms with van der Waals surface area (Å²) in [6.45, 7) is 2.80. The number of ether oxygens (including phenoxy) is 1. The summed E-state index contributed by atoms with van der Waals surface area (Å²) in [5.41, 5.74) is 1.66. The minimum Gasteiger partial charge on any atom is -0.388 e. The molecule has 1 aromatic heterocycles. The maximum Gasteiger partial charge on any atom is 0.0817 e. The number of hydrogen-bond acceptors (Lipinski definition) is 4. The number of rotatable bonds is 4. The summed E-state index contributed by atoms with van der Waals surface area (Å²) < 4.78 is 5.34. The second-order valence-electron chi connectivity index (χ2n) is 6.00. The Kier molecular flexibility index (Phi) is 4.19. The Morgan fingerprint density at radius 2 is 2.00 bits per heavy atom. The van der Waals surface area contributed by atoms with Crippen LogP contribution in [0.5, 0.6) is 0 Å². The fourth-order valence-electron chi connectivity index (χ4n) is 3.05. The fourth-order valence-corrected chi connectivity index (χ4v) is 3.05. The Balaban J connectivity index is 1.72. The normalized spacial score (nSPS) is 18.2. The lowest BCUT2D eigenvalue weighted by Crippen LogP contribution is -2.45. The maximum absolute atomic E-state index is 10.6. The Bertz CT molecular complexity index is 603. The number of para-hydroxylation sites is 1. The van der Waals surface area contributed by atoms with E-state index in [0.717, 1.165) is 12.1 Å². The summed E-state index contributed by atoms with van der Waals surface area (Å²) in [6, 6.07) is 10.2. The van der Waals surface area contributed by atoms with Gasteiger partial charge in [0, 0.05) is 50.7 Å². The van der Waals surface area contributed by atoms with Crippen LogP contribution in [0.1, 0.15) is 18.4 Å². The molecule has 1 aliphatic rings. The second kappa shape index (κ2) is 6.10. The SMILES string of the molecule is CN(Cc1ccnc2ccccc12)CC1(O)CCOCC1. The molecule has 112 valence electrons. The molecule has 1 aromatic carbocycles. The van der Waals surface area contributed by atoms with Crippen LogP contribution in [0.25, 0.3) is 10.9 Å². The number of aliphatic hydroxyl groups is 1. The molecule has 1 fully saturated rings. The van der Waals surface area contributed by atoms with Gasteiger partial charge in [-0.25, -0.2) is 0 Å². The first kappa shape index (κ1) is 14.4. The quantitative estimate of drug-likeness (QED) is 0.936. The molecule has 0 bridgehead atoms. The fraction of sp³-hybridized carbons (Fsp3) is 0.471. The minimum atomic E-state index is -0.615. The molecule has 1 aliphatic heterocycles. The molecular weight excluding hydrogens is 264 g/mol. The molecule has 0 atom stereocenters. The topological polar surface area (TPSA) is 45.6 Å². The lowest BCUT2D eigenvalue weighted by atomic mass is 9.93. The Labute approximate surface area is 125 Å². The first-order chi connectivity index (χ1) is 10.2. The zero-order valence-electron chi connectivity index (χ0n) is 12.5. The third-order valence-corrected chi connectivity index (χ3v) is 4.17. The predicted octanol–water partition coefficient (Wildman–Crippen LogP) is 2.21. The standard InChI is InChI=1S/C17H22N2O2/c1-19(13-17(20)7-10-21-11-8-17)12-14-6-9-18-16-5-3-2-4-15(14)16/h2-6,9,20H,7-8,10-13H2,1H3. The van der Waals surface area contributed by atoms with Gasteiger partial charge in [0.2, 0.25) is 0 Å². The molecule has 0 aliphatic carbocycles. The van der Waals surface area contributed by atoms with Crippen molar-refractivity contribution >= 4 is 10.9 Å². The molecular formula is C17H22N2O2. The van der Waals surface area contributed by atoms with Crippen molar-refractivity contribution in [1.29, 1.82) is 0 Å². The van der Waals surface area contributed by atoms with Gasteiger partial charge >= 0.3 is 0 Å². The Morgan fingerprint density at radius 3 is 2.81 bits per heavy atom. The molecule has 4 nitrogen and oxygen atoms in total. The molecule has 1 N–H and O–H groups in total. The van der Waals surface area contributed by atoms with E-state index in [1.54, 1.807) is 0 Å². The van der Waals surface area contributed by atoms with Gasteiger partial charge < -0.3 is 9.84 Å². The van der Waals surface area contributed by atoms with Gasteiger partial charge in [0.15, 0.2) is 0 Å². The van der Waals surface area contributed by atoms with E-state index in [2.05, 4.69) is 29.1 Å². The lowest BCUT2D eigenvalue weighted by molar-refractivity contribution is -0.0777. The van der Waals surface area contributed by atoms with Gasteiger partial charge in [0.1, 0.15) is 0 Å². The number of pyridine rings is 1. The number of nitrogens with zero attached hydrogens (tertiary/aromatic N) is 2. The monoisotopic (exact) mass is 286 g/mol. The van der Waals surface area contributed by atoms with Crippen LogP contribution in [0.2, 0.25) is 0 Å². The zero-order chi connectivity index (χ0) is 14.7. The summed E-state index contributed by atoms with van der Waals surface area (Å²) in [5, 5.41) is 11.8. The first-order valence-electron chi connectivity index (χ1n) is 7.48. The summed E-state index contributed by atoms with van der Waals surface area (Å²) in [5.74, 6) is 0. The van der Waals surface area contributed by atoms with Crippen molar-refractivity contribution in [2.45, 2.75) is 25.0 Å². The molecule has 0 spiro atoms. The van der Waals surface area contributed by atoms with E-state index in [1.165, 1.54) is 10.9 Å². The molecule has 0 unspecified atom stereocenters. The highest BCUT2D eigenvalue weighted by atomic mass is 16.5. The van der Waals surface area contributed by atoms with E-state index in [-0.39, 0.29) is 0 Å². The smallest absolute Gasteiger partial charge is 0.0817 e. The highest BCUT2D eigenvalue weighted by Gasteiger charge is 2.30. The van der Waals surface area contributed by atoms with E-state index in [1.807, 2.05) is 24.4 Å². The molecule has 0 amide bonds. The summed E-state index contributed by atoms with van der Waals surface area (Å²) in [7, 11) is 2.06. The van der Waals surface area contributed by atoms with Gasteiger partial charge in [0.05, 0.1) is 11.1 Å². The number of hydrogen-bond donors (Lipinski definition) is 1. The molecule has 4 heteroatoms. The van der Waals surface area contributed by atoms with Crippen LogP contribution in [0.4, 0.5) is 0 Å². The highest BCUT2D eigenvalue weighted by molar-refractivity contribution is 5.81. The van der Waals surface area contributed by atoms with Crippen LogP contribution in [-0.4, -0.2) is 47.4 Å². The number of benzene rings is 1. The maximum atomic E-state index is 10.6. The molecule has 2 aromatic rings. The van der Waals surface area contributed by atoms with Crippen molar-refractivity contribution in [1.82, 2.24) is 9.88 Å². The average Bonchev–Trinajstić information content (AvgIpc) is 2.48. The minimum absolute atomic E-state index is 0.615. The van der Waals surface area contributed by atoms with Crippen LogP contribution < -0.4 is 0 Å². The molecule has 1 saturated heterocycles. The van der Waals surface area contributed by atoms with E-state index >= 15 is 0 Å². The largest absolute Gasteiger partial charge is 0.388 e. The van der Waals surface area contributed by atoms with E-state index in [9.17, 15) is 5.11 Å². The van der Waals surface area contributed by atoms with Crippen molar-refractivity contribution in [2.24, 2.45) is 0 Å². The molecule has 0 radical (unpaired) electrons. The van der Waals surface area contributed by atoms with Crippen molar-refractivity contribution < 1.29 is 9.84 Å². The number of fused-ring (bicyclic) bond motifs is 1. The van der Waals surface area contributed by atoms with Gasteiger partial charge in [-0.05, 0) is 24.7 Å². The second-order valence-corrected chi connectivity index (χ2v) is 6.00. The van der Waals surface area contributed by atoms with Crippen molar-refractivity contribution in [3.63, 3.8) is 0 Å². The van der Waals surface area contributed by atoms with Crippen LogP contribution >= 0.6 is 0 Å². The van der Waals surface area contributed by atoms with E-state index < -0.39 is 5.60 Å². The molecule has 3 rings (SSSR count). The van der Waals surface area contributed by atoms with Crippen LogP contribution in [0, 0.1) is 0 Å². The van der Waals surface area contributed by atoms with Crippen molar-refractivity contribution in [3.8, 4) is 0 Å². The summed E-state index contributed by atoms with van der Waals surface area (Å²) in [6.07, 6.45) is 3.29. The van der Waals surface area contributed by atoms with Crippen LogP contribution in [0.3, 0.4) is 0 Å². The third-order valence-electron chi connectivity index (χ3n) is 4.17. The third kappa shape index (κ3) is 3.40. The Hall–Kier alpha value is -1.49. The van der Waals surface area contributed by atoms with Gasteiger partial charge in [-0.15, -0.1) is 0 Å². The zero-order valence-corrected chi connectivity index (χ0v) is 12.5. The highest BCUT2D eigenvalue weighted by Crippen LogP contribution is 2.23. The van der Waals surface area contributed by atoms with Crippen molar-refractivity contribution in [2.75, 3.05) is 26.8 Å². The van der Waals surface area contributed by atoms with E-state index in [0.29, 0.717) is 32.6 Å². The van der Waals surface area contributed by atoms with Gasteiger partial charge in [-0.1, -0.05) is 18.2 Å². The number of likely N-dealkylation sites (N-methyl/N-ethyl adjacent to an activating group) is 1. The predicted molar refractivity (Wildman–Crippen MR) is 83.1 cm³/mol. The first-order valence-corrected chi connectivity index (χ1v) is 7.48. The average molecular weight is 286 g/mol. The molecule has 2 heterocycles. The van der Waals surface area contributed by atoms with Gasteiger partial charge in [0.25, 0.3) is 0 Å². The van der Waals surface area contributed by atoms with Gasteiger partial charge in [-0.2, -0.15) is 0 Å².